The van der Waals surface area contributed by atoms with Gasteiger partial charge in [0.1, 0.15) is 5.76 Å². The van der Waals surface area contributed by atoms with Crippen molar-refractivity contribution in [2.45, 2.75) is 13.3 Å². The number of carbonyl (C=O) groups is 1. The van der Waals surface area contributed by atoms with Gasteiger partial charge in [0.15, 0.2) is 15.5 Å². The summed E-state index contributed by atoms with van der Waals surface area (Å²) in [6.45, 7) is 1.74. The lowest BCUT2D eigenvalue weighted by Gasteiger charge is -2.05. The van der Waals surface area contributed by atoms with Crippen LogP contribution in [0.3, 0.4) is 0 Å². The average Bonchev–Trinajstić information content (AvgIpc) is 2.93. The lowest BCUT2D eigenvalue weighted by Crippen LogP contribution is -2.30. The molecule has 6 nitrogen and oxygen atoms in total. The number of aryl methyl sites for hydroxylation is 2. The Bertz CT molecular complexity index is 723. The van der Waals surface area contributed by atoms with Crippen LogP contribution in [0, 0.1) is 6.92 Å². The maximum absolute atomic E-state index is 11.9. The number of hydrogen-bond donors (Lipinski definition) is 1. The number of nitrogens with zero attached hydrogens (tertiary/aromatic N) is 1. The van der Waals surface area contributed by atoms with Crippen molar-refractivity contribution in [2.75, 3.05) is 18.1 Å². The van der Waals surface area contributed by atoms with Crippen molar-refractivity contribution in [3.05, 3.63) is 53.4 Å². The molecule has 0 aliphatic heterocycles. The summed E-state index contributed by atoms with van der Waals surface area (Å²) in [5, 5.41) is 6.10. The summed E-state index contributed by atoms with van der Waals surface area (Å²) in [6, 6.07) is 10.9. The predicted molar refractivity (Wildman–Crippen MR) is 82.4 cm³/mol. The SMILES string of the molecule is Cc1cc(C(=O)NCCS(=O)(=O)CCc2ccccc2)no1. The Balaban J connectivity index is 1.76. The second kappa shape index (κ2) is 7.22. The quantitative estimate of drug-likeness (QED) is 0.831. The Morgan fingerprint density at radius 2 is 1.95 bits per heavy atom. The Labute approximate surface area is 129 Å². The first kappa shape index (κ1) is 16.2. The first-order valence-corrected chi connectivity index (χ1v) is 8.74. The van der Waals surface area contributed by atoms with Gasteiger partial charge in [0.05, 0.1) is 11.5 Å². The highest BCUT2D eigenvalue weighted by molar-refractivity contribution is 7.91. The van der Waals surface area contributed by atoms with Crippen LogP contribution in [0.5, 0.6) is 0 Å². The van der Waals surface area contributed by atoms with Gasteiger partial charge in [-0.3, -0.25) is 4.79 Å². The van der Waals surface area contributed by atoms with Gasteiger partial charge in [-0.1, -0.05) is 35.5 Å². The number of amides is 1. The van der Waals surface area contributed by atoms with Crippen molar-refractivity contribution < 1.29 is 17.7 Å². The summed E-state index contributed by atoms with van der Waals surface area (Å²) in [5.41, 5.74) is 1.13. The molecule has 7 heteroatoms. The molecular weight excluding hydrogens is 304 g/mol. The van der Waals surface area contributed by atoms with Crippen LogP contribution < -0.4 is 5.32 Å². The van der Waals surface area contributed by atoms with E-state index in [0.717, 1.165) is 5.56 Å². The summed E-state index contributed by atoms with van der Waals surface area (Å²) in [4.78, 5) is 11.7. The fourth-order valence-corrected chi connectivity index (χ4v) is 3.07. The third-order valence-corrected chi connectivity index (χ3v) is 4.76. The monoisotopic (exact) mass is 322 g/mol. The maximum Gasteiger partial charge on any atom is 0.273 e. The number of hydrogen-bond acceptors (Lipinski definition) is 5. The van der Waals surface area contributed by atoms with E-state index >= 15 is 0 Å². The molecule has 2 aromatic rings. The van der Waals surface area contributed by atoms with Crippen molar-refractivity contribution in [1.29, 1.82) is 0 Å². The van der Waals surface area contributed by atoms with Gasteiger partial charge in [0.25, 0.3) is 5.91 Å². The van der Waals surface area contributed by atoms with E-state index in [-0.39, 0.29) is 23.7 Å². The first-order chi connectivity index (χ1) is 10.5. The second-order valence-corrected chi connectivity index (χ2v) is 7.27. The van der Waals surface area contributed by atoms with Crippen molar-refractivity contribution >= 4 is 15.7 Å². The van der Waals surface area contributed by atoms with E-state index in [1.165, 1.54) is 6.07 Å². The highest BCUT2D eigenvalue weighted by Crippen LogP contribution is 2.03. The van der Waals surface area contributed by atoms with Gasteiger partial charge in [0, 0.05) is 12.6 Å². The van der Waals surface area contributed by atoms with Crippen LogP contribution in [0.2, 0.25) is 0 Å². The van der Waals surface area contributed by atoms with Crippen LogP contribution in [0.15, 0.2) is 40.9 Å². The molecule has 1 heterocycles. The number of benzene rings is 1. The normalized spacial score (nSPS) is 11.3. The molecule has 22 heavy (non-hydrogen) atoms. The van der Waals surface area contributed by atoms with Crippen LogP contribution in [-0.4, -0.2) is 37.5 Å². The molecule has 0 saturated carbocycles. The first-order valence-electron chi connectivity index (χ1n) is 6.92. The fraction of sp³-hybridized carbons (Fsp3) is 0.333. The minimum atomic E-state index is -3.21. The highest BCUT2D eigenvalue weighted by atomic mass is 32.2. The zero-order valence-corrected chi connectivity index (χ0v) is 13.1. The topological polar surface area (TPSA) is 89.3 Å². The molecule has 0 atom stereocenters. The number of sulfone groups is 1. The number of nitrogens with one attached hydrogen (secondary N) is 1. The van der Waals surface area contributed by atoms with E-state index in [1.54, 1.807) is 6.92 Å². The van der Waals surface area contributed by atoms with Gasteiger partial charge < -0.3 is 9.84 Å². The second-order valence-electron chi connectivity index (χ2n) is 4.97. The molecule has 1 aromatic heterocycles. The van der Waals surface area contributed by atoms with Crippen molar-refractivity contribution in [1.82, 2.24) is 10.5 Å². The van der Waals surface area contributed by atoms with Crippen molar-refractivity contribution in [2.24, 2.45) is 0 Å². The lowest BCUT2D eigenvalue weighted by atomic mass is 10.2. The molecule has 2 rings (SSSR count). The molecule has 1 amide bonds. The number of aromatic nitrogens is 1. The largest absolute Gasteiger partial charge is 0.361 e. The van der Waals surface area contributed by atoms with Gasteiger partial charge >= 0.3 is 0 Å². The molecule has 1 N–H and O–H groups in total. The van der Waals surface area contributed by atoms with Crippen LogP contribution in [-0.2, 0) is 16.3 Å². The third kappa shape index (κ3) is 5.00. The highest BCUT2D eigenvalue weighted by Gasteiger charge is 2.14. The molecular formula is C15H18N2O4S. The maximum atomic E-state index is 11.9. The molecule has 0 radical (unpaired) electrons. The van der Waals surface area contributed by atoms with E-state index in [9.17, 15) is 13.2 Å². The van der Waals surface area contributed by atoms with Crippen molar-refractivity contribution in [3.63, 3.8) is 0 Å². The summed E-state index contributed by atoms with van der Waals surface area (Å²) in [6.07, 6.45) is 0.472. The Morgan fingerprint density at radius 3 is 2.59 bits per heavy atom. The van der Waals surface area contributed by atoms with Gasteiger partial charge in [-0.15, -0.1) is 0 Å². The molecule has 1 aromatic carbocycles. The van der Waals surface area contributed by atoms with E-state index in [1.807, 2.05) is 30.3 Å². The average molecular weight is 322 g/mol. The van der Waals surface area contributed by atoms with Crippen LogP contribution >= 0.6 is 0 Å². The molecule has 0 unspecified atom stereocenters. The molecule has 0 aliphatic rings. The zero-order valence-electron chi connectivity index (χ0n) is 12.3. The summed E-state index contributed by atoms with van der Waals surface area (Å²) in [7, 11) is -3.21. The molecule has 0 fully saturated rings. The van der Waals surface area contributed by atoms with Gasteiger partial charge in [-0.25, -0.2) is 8.42 Å². The summed E-state index contributed by atoms with van der Waals surface area (Å²) >= 11 is 0. The lowest BCUT2D eigenvalue weighted by molar-refractivity contribution is 0.0947. The fourth-order valence-electron chi connectivity index (χ4n) is 1.90. The Hall–Kier alpha value is -2.15. The minimum Gasteiger partial charge on any atom is -0.361 e. The van der Waals surface area contributed by atoms with Crippen LogP contribution in [0.4, 0.5) is 0 Å². The van der Waals surface area contributed by atoms with Gasteiger partial charge in [-0.2, -0.15) is 0 Å². The molecule has 118 valence electrons. The van der Waals surface area contributed by atoms with E-state index in [2.05, 4.69) is 10.5 Å². The third-order valence-electron chi connectivity index (χ3n) is 3.10. The molecule has 0 spiro atoms. The minimum absolute atomic E-state index is 0.0574. The van der Waals surface area contributed by atoms with Crippen molar-refractivity contribution in [3.8, 4) is 0 Å². The molecule has 0 saturated heterocycles. The zero-order chi connectivity index (χ0) is 16.0. The Kier molecular flexibility index (Phi) is 5.32. The van der Waals surface area contributed by atoms with E-state index in [0.29, 0.717) is 12.2 Å². The standard InChI is InChI=1S/C15H18N2O4S/c1-12-11-14(17-21-12)15(18)16-8-10-22(19,20)9-7-13-5-3-2-4-6-13/h2-6,11H,7-10H2,1H3,(H,16,18). The van der Waals surface area contributed by atoms with Crippen LogP contribution in [0.25, 0.3) is 0 Å². The van der Waals surface area contributed by atoms with E-state index < -0.39 is 15.7 Å². The Morgan fingerprint density at radius 1 is 1.23 bits per heavy atom. The predicted octanol–water partition coefficient (Wildman–Crippen LogP) is 1.37. The van der Waals surface area contributed by atoms with Gasteiger partial charge in [-0.05, 0) is 18.9 Å². The number of carbonyl (C=O) groups excluding carboxylic acids is 1. The van der Waals surface area contributed by atoms with Gasteiger partial charge in [0.2, 0.25) is 0 Å². The summed E-state index contributed by atoms with van der Waals surface area (Å²) < 4.78 is 28.7. The molecule has 0 bridgehead atoms. The van der Waals surface area contributed by atoms with E-state index in [4.69, 9.17) is 4.52 Å². The smallest absolute Gasteiger partial charge is 0.273 e. The molecule has 0 aliphatic carbocycles. The van der Waals surface area contributed by atoms with Crippen LogP contribution in [0.1, 0.15) is 21.8 Å². The number of rotatable bonds is 7. The summed E-state index contributed by atoms with van der Waals surface area (Å²) in [5.74, 6) is 0.0639.